The van der Waals surface area contributed by atoms with Crippen LogP contribution in [0.4, 0.5) is 5.69 Å². The smallest absolute Gasteiger partial charge is 0.265 e. The minimum absolute atomic E-state index is 0.332. The first kappa shape index (κ1) is 13.5. The third-order valence-electron chi connectivity index (χ3n) is 2.51. The topological polar surface area (TPSA) is 50.3 Å². The number of sulfonamides is 1. The van der Waals surface area contributed by atoms with E-state index < -0.39 is 10.0 Å². The predicted molar refractivity (Wildman–Crippen MR) is 76.6 cm³/mol. The standard InChI is InChI=1S/C11H11BrN2O2S2/c1-8-10(7-11(12)17-8)18(15,16)14(2)9-3-5-13-6-4-9/h3-7H,1-2H3. The van der Waals surface area contributed by atoms with Crippen LogP contribution in [0, 0.1) is 6.92 Å². The number of aromatic nitrogens is 1. The quantitative estimate of drug-likeness (QED) is 0.858. The molecule has 0 aromatic carbocycles. The monoisotopic (exact) mass is 346 g/mol. The lowest BCUT2D eigenvalue weighted by atomic mass is 10.4. The zero-order valence-corrected chi connectivity index (χ0v) is 13.0. The molecule has 0 amide bonds. The number of hydrogen-bond donors (Lipinski definition) is 0. The highest BCUT2D eigenvalue weighted by molar-refractivity contribution is 9.11. The first-order valence-electron chi connectivity index (χ1n) is 5.08. The summed E-state index contributed by atoms with van der Waals surface area (Å²) < 4.78 is 27.0. The first-order chi connectivity index (χ1) is 8.43. The van der Waals surface area contributed by atoms with E-state index in [0.29, 0.717) is 10.6 Å². The first-order valence-corrected chi connectivity index (χ1v) is 8.13. The molecule has 96 valence electrons. The lowest BCUT2D eigenvalue weighted by molar-refractivity contribution is 0.594. The van der Waals surface area contributed by atoms with Crippen molar-refractivity contribution < 1.29 is 8.42 Å². The minimum Gasteiger partial charge on any atom is -0.269 e. The molecule has 2 aromatic heterocycles. The molecular formula is C11H11BrN2O2S2. The van der Waals surface area contributed by atoms with Gasteiger partial charge in [-0.3, -0.25) is 9.29 Å². The molecule has 2 heterocycles. The second-order valence-corrected chi connectivity index (χ2v) is 8.22. The van der Waals surface area contributed by atoms with Gasteiger partial charge in [-0.1, -0.05) is 0 Å². The highest BCUT2D eigenvalue weighted by Crippen LogP contribution is 2.32. The van der Waals surface area contributed by atoms with Gasteiger partial charge in [0, 0.05) is 24.3 Å². The van der Waals surface area contributed by atoms with E-state index in [1.807, 2.05) is 0 Å². The third-order valence-corrected chi connectivity index (χ3v) is 6.10. The number of nitrogens with zero attached hydrogens (tertiary/aromatic N) is 2. The largest absolute Gasteiger partial charge is 0.269 e. The van der Waals surface area contributed by atoms with Crippen molar-refractivity contribution in [2.75, 3.05) is 11.4 Å². The van der Waals surface area contributed by atoms with Crippen molar-refractivity contribution in [3.8, 4) is 0 Å². The van der Waals surface area contributed by atoms with E-state index in [0.717, 1.165) is 8.66 Å². The molecule has 0 aliphatic rings. The van der Waals surface area contributed by atoms with E-state index >= 15 is 0 Å². The van der Waals surface area contributed by atoms with Gasteiger partial charge in [-0.15, -0.1) is 11.3 Å². The summed E-state index contributed by atoms with van der Waals surface area (Å²) in [5.41, 5.74) is 0.590. The molecule has 0 fully saturated rings. The number of hydrogen-bond acceptors (Lipinski definition) is 4. The summed E-state index contributed by atoms with van der Waals surface area (Å²) in [6.45, 7) is 1.79. The Morgan fingerprint density at radius 2 is 1.94 bits per heavy atom. The molecule has 0 unspecified atom stereocenters. The number of pyridine rings is 1. The molecule has 0 N–H and O–H groups in total. The number of thiophene rings is 1. The zero-order chi connectivity index (χ0) is 13.3. The SMILES string of the molecule is Cc1sc(Br)cc1S(=O)(=O)N(C)c1ccncc1. The fourth-order valence-corrected chi connectivity index (χ4v) is 5.10. The van der Waals surface area contributed by atoms with Crippen LogP contribution < -0.4 is 4.31 Å². The van der Waals surface area contributed by atoms with Gasteiger partial charge in [-0.2, -0.15) is 0 Å². The highest BCUT2D eigenvalue weighted by Gasteiger charge is 2.24. The Morgan fingerprint density at radius 3 is 2.44 bits per heavy atom. The van der Waals surface area contributed by atoms with Crippen LogP contribution in [0.1, 0.15) is 4.88 Å². The Hall–Kier alpha value is -0.920. The fourth-order valence-electron chi connectivity index (χ4n) is 1.53. The Labute approximate surface area is 118 Å². The molecule has 0 radical (unpaired) electrons. The molecule has 0 saturated carbocycles. The van der Waals surface area contributed by atoms with Gasteiger partial charge in [0.05, 0.1) is 9.47 Å². The molecule has 0 aliphatic carbocycles. The average molecular weight is 347 g/mol. The maximum atomic E-state index is 12.5. The Bertz CT molecular complexity index is 653. The number of aryl methyl sites for hydroxylation is 1. The van der Waals surface area contributed by atoms with Crippen molar-refractivity contribution in [3.05, 3.63) is 39.3 Å². The predicted octanol–water partition coefficient (Wildman–Crippen LogP) is 3.04. The van der Waals surface area contributed by atoms with Crippen molar-refractivity contribution >= 4 is 43.0 Å². The molecule has 2 rings (SSSR count). The van der Waals surface area contributed by atoms with Crippen LogP contribution in [0.15, 0.2) is 39.3 Å². The van der Waals surface area contributed by atoms with Crippen molar-refractivity contribution in [2.45, 2.75) is 11.8 Å². The van der Waals surface area contributed by atoms with Crippen molar-refractivity contribution in [2.24, 2.45) is 0 Å². The Balaban J connectivity index is 2.47. The molecule has 2 aromatic rings. The molecule has 0 saturated heterocycles. The normalized spacial score (nSPS) is 11.5. The van der Waals surface area contributed by atoms with Gasteiger partial charge in [0.1, 0.15) is 4.90 Å². The summed E-state index contributed by atoms with van der Waals surface area (Å²) in [5.74, 6) is 0. The van der Waals surface area contributed by atoms with E-state index in [9.17, 15) is 8.42 Å². The van der Waals surface area contributed by atoms with E-state index in [2.05, 4.69) is 20.9 Å². The van der Waals surface area contributed by atoms with Gasteiger partial charge < -0.3 is 0 Å². The Kier molecular flexibility index (Phi) is 3.74. The summed E-state index contributed by atoms with van der Waals surface area (Å²) >= 11 is 4.71. The van der Waals surface area contributed by atoms with Crippen LogP contribution in [0.3, 0.4) is 0 Å². The lowest BCUT2D eigenvalue weighted by Crippen LogP contribution is -2.26. The molecule has 4 nitrogen and oxygen atoms in total. The highest BCUT2D eigenvalue weighted by atomic mass is 79.9. The lowest BCUT2D eigenvalue weighted by Gasteiger charge is -2.18. The zero-order valence-electron chi connectivity index (χ0n) is 9.79. The van der Waals surface area contributed by atoms with Gasteiger partial charge in [-0.25, -0.2) is 8.42 Å². The number of anilines is 1. The van der Waals surface area contributed by atoms with Gasteiger partial charge in [-0.05, 0) is 41.1 Å². The van der Waals surface area contributed by atoms with Crippen LogP contribution in [0.2, 0.25) is 0 Å². The third kappa shape index (κ3) is 2.43. The van der Waals surface area contributed by atoms with E-state index in [-0.39, 0.29) is 0 Å². The summed E-state index contributed by atoms with van der Waals surface area (Å²) in [4.78, 5) is 4.98. The summed E-state index contributed by atoms with van der Waals surface area (Å²) in [6, 6.07) is 4.95. The molecule has 0 spiro atoms. The molecule has 0 bridgehead atoms. The molecule has 0 aliphatic heterocycles. The van der Waals surface area contributed by atoms with E-state index in [1.165, 1.54) is 22.7 Å². The van der Waals surface area contributed by atoms with Crippen molar-refractivity contribution in [1.29, 1.82) is 0 Å². The second-order valence-electron chi connectivity index (χ2n) is 3.65. The Morgan fingerprint density at radius 1 is 1.33 bits per heavy atom. The summed E-state index contributed by atoms with van der Waals surface area (Å²) in [6.07, 6.45) is 3.13. The maximum Gasteiger partial charge on any atom is 0.265 e. The molecule has 18 heavy (non-hydrogen) atoms. The van der Waals surface area contributed by atoms with E-state index in [1.54, 1.807) is 37.5 Å². The minimum atomic E-state index is -3.52. The fraction of sp³-hybridized carbons (Fsp3) is 0.182. The van der Waals surface area contributed by atoms with Crippen molar-refractivity contribution in [3.63, 3.8) is 0 Å². The van der Waals surface area contributed by atoms with Crippen molar-refractivity contribution in [1.82, 2.24) is 4.98 Å². The maximum absolute atomic E-state index is 12.5. The molecular weight excluding hydrogens is 336 g/mol. The van der Waals surface area contributed by atoms with Crippen LogP contribution in [-0.4, -0.2) is 20.4 Å². The molecule has 0 atom stereocenters. The van der Waals surface area contributed by atoms with E-state index in [4.69, 9.17) is 0 Å². The van der Waals surface area contributed by atoms with Crippen LogP contribution in [0.25, 0.3) is 0 Å². The van der Waals surface area contributed by atoms with Crippen LogP contribution in [0.5, 0.6) is 0 Å². The van der Waals surface area contributed by atoms with Crippen LogP contribution in [-0.2, 0) is 10.0 Å². The molecule has 7 heteroatoms. The van der Waals surface area contributed by atoms with Gasteiger partial charge in [0.25, 0.3) is 10.0 Å². The van der Waals surface area contributed by atoms with Crippen LogP contribution >= 0.6 is 27.3 Å². The number of halogens is 1. The van der Waals surface area contributed by atoms with Gasteiger partial charge in [0.2, 0.25) is 0 Å². The number of rotatable bonds is 3. The average Bonchev–Trinajstić information content (AvgIpc) is 2.69. The summed E-state index contributed by atoms with van der Waals surface area (Å²) in [7, 11) is -1.98. The summed E-state index contributed by atoms with van der Waals surface area (Å²) in [5, 5.41) is 0. The second kappa shape index (κ2) is 4.99. The van der Waals surface area contributed by atoms with Gasteiger partial charge in [0.15, 0.2) is 0 Å². The van der Waals surface area contributed by atoms with Gasteiger partial charge >= 0.3 is 0 Å².